The van der Waals surface area contributed by atoms with E-state index in [-0.39, 0.29) is 17.5 Å². The van der Waals surface area contributed by atoms with Gasteiger partial charge < -0.3 is 9.64 Å². The Morgan fingerprint density at radius 2 is 1.83 bits per heavy atom. The average Bonchev–Trinajstić information content (AvgIpc) is 2.55. The first kappa shape index (κ1) is 17.6. The molecule has 1 aliphatic heterocycles. The van der Waals surface area contributed by atoms with E-state index in [0.29, 0.717) is 32.7 Å². The van der Waals surface area contributed by atoms with Crippen molar-refractivity contribution in [1.29, 1.82) is 0 Å². The molecule has 1 heterocycles. The Morgan fingerprint density at radius 1 is 1.22 bits per heavy atom. The minimum absolute atomic E-state index is 0.0365. The van der Waals surface area contributed by atoms with E-state index in [1.807, 2.05) is 0 Å². The van der Waals surface area contributed by atoms with Crippen LogP contribution in [-0.4, -0.2) is 70.7 Å². The number of hydrogen-bond donors (Lipinski definition) is 1. The maximum atomic E-state index is 12.8. The van der Waals surface area contributed by atoms with E-state index in [9.17, 15) is 17.6 Å². The lowest BCUT2D eigenvalue weighted by Gasteiger charge is -2.33. The second-order valence-corrected chi connectivity index (χ2v) is 6.92. The zero-order chi connectivity index (χ0) is 16.9. The third-order valence-corrected chi connectivity index (χ3v) is 5.13. The zero-order valence-electron chi connectivity index (χ0n) is 12.9. The van der Waals surface area contributed by atoms with Crippen molar-refractivity contribution in [2.75, 3.05) is 46.4 Å². The van der Waals surface area contributed by atoms with Crippen LogP contribution >= 0.6 is 0 Å². The van der Waals surface area contributed by atoms with Gasteiger partial charge in [-0.05, 0) is 24.3 Å². The van der Waals surface area contributed by atoms with Crippen molar-refractivity contribution in [3.05, 3.63) is 30.1 Å². The highest BCUT2D eigenvalue weighted by Crippen LogP contribution is 2.09. The Morgan fingerprint density at radius 3 is 2.39 bits per heavy atom. The number of nitrogens with zero attached hydrogens (tertiary/aromatic N) is 2. The van der Waals surface area contributed by atoms with Crippen molar-refractivity contribution >= 4 is 16.1 Å². The first-order chi connectivity index (χ1) is 10.9. The van der Waals surface area contributed by atoms with Crippen LogP contribution in [0.1, 0.15) is 0 Å². The second-order valence-electron chi connectivity index (χ2n) is 5.15. The molecule has 1 aliphatic rings. The quantitative estimate of drug-likeness (QED) is 0.840. The van der Waals surface area contributed by atoms with Crippen LogP contribution in [0.2, 0.25) is 0 Å². The molecule has 0 radical (unpaired) electrons. The van der Waals surface area contributed by atoms with E-state index in [1.165, 1.54) is 19.2 Å². The lowest BCUT2D eigenvalue weighted by atomic mass is 10.3. The summed E-state index contributed by atoms with van der Waals surface area (Å²) in [4.78, 5) is 15.1. The Labute approximate surface area is 135 Å². The highest BCUT2D eigenvalue weighted by atomic mass is 32.2. The van der Waals surface area contributed by atoms with Gasteiger partial charge in [-0.3, -0.25) is 4.90 Å². The number of carbonyl (C=O) groups is 1. The molecule has 9 heteroatoms. The van der Waals surface area contributed by atoms with Crippen LogP contribution in [0.3, 0.4) is 0 Å². The maximum Gasteiger partial charge on any atom is 0.409 e. The topological polar surface area (TPSA) is 79.0 Å². The summed E-state index contributed by atoms with van der Waals surface area (Å²) in [5.74, 6) is -0.479. The molecule has 1 N–H and O–H groups in total. The number of halogens is 1. The van der Waals surface area contributed by atoms with E-state index in [1.54, 1.807) is 4.90 Å². The van der Waals surface area contributed by atoms with Crippen LogP contribution in [0.25, 0.3) is 0 Å². The number of carbonyl (C=O) groups excluding carboxylic acids is 1. The third-order valence-electron chi connectivity index (χ3n) is 3.65. The van der Waals surface area contributed by atoms with Gasteiger partial charge in [-0.25, -0.2) is 22.3 Å². The van der Waals surface area contributed by atoms with Crippen LogP contribution in [0.5, 0.6) is 0 Å². The molecule has 1 aromatic carbocycles. The fraction of sp³-hybridized carbons (Fsp3) is 0.500. The standard InChI is InChI=1S/C14H20FN3O4S/c1-22-14(19)18-10-8-17(9-11-18)7-6-16-23(20,21)13-4-2-12(15)3-5-13/h2-5,16H,6-11H2,1H3. The first-order valence-electron chi connectivity index (χ1n) is 7.23. The zero-order valence-corrected chi connectivity index (χ0v) is 13.7. The minimum Gasteiger partial charge on any atom is -0.453 e. The molecule has 1 aromatic rings. The van der Waals surface area contributed by atoms with Gasteiger partial charge in [0.2, 0.25) is 10.0 Å². The summed E-state index contributed by atoms with van der Waals surface area (Å²) >= 11 is 0. The van der Waals surface area contributed by atoms with Crippen molar-refractivity contribution in [2.45, 2.75) is 4.90 Å². The average molecular weight is 345 g/mol. The van der Waals surface area contributed by atoms with Crippen molar-refractivity contribution in [2.24, 2.45) is 0 Å². The molecule has 0 aromatic heterocycles. The molecule has 1 saturated heterocycles. The molecule has 1 fully saturated rings. The summed E-state index contributed by atoms with van der Waals surface area (Å²) < 4.78 is 44.1. The molecule has 0 unspecified atom stereocenters. The van der Waals surface area contributed by atoms with Gasteiger partial charge in [0.1, 0.15) is 5.82 Å². The number of amides is 1. The van der Waals surface area contributed by atoms with Crippen molar-refractivity contribution in [3.63, 3.8) is 0 Å². The molecule has 0 spiro atoms. The highest BCUT2D eigenvalue weighted by Gasteiger charge is 2.21. The Bertz CT molecular complexity index is 628. The van der Waals surface area contributed by atoms with Crippen molar-refractivity contribution < 1.29 is 22.3 Å². The molecule has 23 heavy (non-hydrogen) atoms. The Hall–Kier alpha value is -1.71. The fourth-order valence-electron chi connectivity index (χ4n) is 2.32. The van der Waals surface area contributed by atoms with Crippen LogP contribution in [0.4, 0.5) is 9.18 Å². The summed E-state index contributed by atoms with van der Waals surface area (Å²) in [6.45, 7) is 3.21. The number of methoxy groups -OCH3 is 1. The SMILES string of the molecule is COC(=O)N1CCN(CCNS(=O)(=O)c2ccc(F)cc2)CC1. The predicted octanol–water partition coefficient (Wildman–Crippen LogP) is 0.488. The molecule has 0 bridgehead atoms. The van der Waals surface area contributed by atoms with E-state index in [2.05, 4.69) is 14.4 Å². The molecule has 0 saturated carbocycles. The smallest absolute Gasteiger partial charge is 0.409 e. The Balaban J connectivity index is 1.77. The van der Waals surface area contributed by atoms with E-state index >= 15 is 0 Å². The maximum absolute atomic E-state index is 12.8. The molecule has 0 aliphatic carbocycles. The number of nitrogens with one attached hydrogen (secondary N) is 1. The molecular weight excluding hydrogens is 325 g/mol. The molecular formula is C14H20FN3O4S. The monoisotopic (exact) mass is 345 g/mol. The first-order valence-corrected chi connectivity index (χ1v) is 8.71. The lowest BCUT2D eigenvalue weighted by molar-refractivity contribution is 0.0918. The van der Waals surface area contributed by atoms with E-state index < -0.39 is 15.8 Å². The second kappa shape index (κ2) is 7.71. The molecule has 2 rings (SSSR count). The van der Waals surface area contributed by atoms with Gasteiger partial charge in [-0.1, -0.05) is 0 Å². The normalized spacial score (nSPS) is 16.3. The van der Waals surface area contributed by atoms with Gasteiger partial charge in [0.25, 0.3) is 0 Å². The van der Waals surface area contributed by atoms with Gasteiger partial charge in [0.05, 0.1) is 12.0 Å². The summed E-state index contributed by atoms with van der Waals surface area (Å²) in [7, 11) is -2.29. The summed E-state index contributed by atoms with van der Waals surface area (Å²) in [6, 6.07) is 4.68. The predicted molar refractivity (Wildman–Crippen MR) is 82.0 cm³/mol. The van der Waals surface area contributed by atoms with Gasteiger partial charge in [-0.15, -0.1) is 0 Å². The molecule has 1 amide bonds. The molecule has 7 nitrogen and oxygen atoms in total. The largest absolute Gasteiger partial charge is 0.453 e. The summed E-state index contributed by atoms with van der Waals surface area (Å²) in [5, 5.41) is 0. The van der Waals surface area contributed by atoms with Crippen molar-refractivity contribution in [1.82, 2.24) is 14.5 Å². The molecule has 0 atom stereocenters. The minimum atomic E-state index is -3.63. The summed E-state index contributed by atoms with van der Waals surface area (Å²) in [5.41, 5.74) is 0. The van der Waals surface area contributed by atoms with Crippen LogP contribution in [0, 0.1) is 5.82 Å². The van der Waals surface area contributed by atoms with E-state index in [0.717, 1.165) is 12.1 Å². The number of sulfonamides is 1. The van der Waals surface area contributed by atoms with Crippen LogP contribution in [-0.2, 0) is 14.8 Å². The van der Waals surface area contributed by atoms with Crippen molar-refractivity contribution in [3.8, 4) is 0 Å². The lowest BCUT2D eigenvalue weighted by Crippen LogP contribution is -2.50. The van der Waals surface area contributed by atoms with Gasteiger partial charge >= 0.3 is 6.09 Å². The fourth-order valence-corrected chi connectivity index (χ4v) is 3.34. The number of hydrogen-bond acceptors (Lipinski definition) is 5. The molecule has 128 valence electrons. The number of ether oxygens (including phenoxy) is 1. The van der Waals surface area contributed by atoms with Crippen LogP contribution < -0.4 is 4.72 Å². The number of rotatable bonds is 5. The Kier molecular flexibility index (Phi) is 5.91. The van der Waals surface area contributed by atoms with Gasteiger partial charge in [0.15, 0.2) is 0 Å². The van der Waals surface area contributed by atoms with Gasteiger partial charge in [0, 0.05) is 39.3 Å². The van der Waals surface area contributed by atoms with Crippen LogP contribution in [0.15, 0.2) is 29.2 Å². The summed E-state index contributed by atoms with van der Waals surface area (Å²) in [6.07, 6.45) is -0.346. The van der Waals surface area contributed by atoms with E-state index in [4.69, 9.17) is 0 Å². The number of piperazine rings is 1. The van der Waals surface area contributed by atoms with Gasteiger partial charge in [-0.2, -0.15) is 0 Å². The number of benzene rings is 1. The highest BCUT2D eigenvalue weighted by molar-refractivity contribution is 7.89. The third kappa shape index (κ3) is 4.88.